The maximum absolute atomic E-state index is 12.8. The van der Waals surface area contributed by atoms with Crippen LogP contribution in [0.15, 0.2) is 42.5 Å². The number of ether oxygens (including phenoxy) is 1. The van der Waals surface area contributed by atoms with E-state index in [1.165, 1.54) is 4.90 Å². The number of amides is 2. The molecule has 0 radical (unpaired) electrons. The fraction of sp³-hybridized carbons (Fsp3) is 0.333. The Labute approximate surface area is 165 Å². The van der Waals surface area contributed by atoms with Crippen molar-refractivity contribution in [3.63, 3.8) is 0 Å². The van der Waals surface area contributed by atoms with Gasteiger partial charge in [0.05, 0.1) is 0 Å². The minimum absolute atomic E-state index is 0.158. The summed E-state index contributed by atoms with van der Waals surface area (Å²) in [6.45, 7) is 5.74. The summed E-state index contributed by atoms with van der Waals surface area (Å²) in [5.41, 5.74) is 2.93. The molecule has 2 aromatic carbocycles. The topological polar surface area (TPSA) is 58.6 Å². The molecule has 2 aromatic rings. The minimum atomic E-state index is -0.613. The molecule has 27 heavy (non-hydrogen) atoms. The fourth-order valence-electron chi connectivity index (χ4n) is 2.70. The molecule has 5 nitrogen and oxygen atoms in total. The number of nitrogens with zero attached hydrogens (tertiary/aromatic N) is 1. The number of halogens is 1. The SMILES string of the molecule is CNC(=O)C(C)N(Cc1ccccc1C)C(=O)COc1ccc(Cl)c(C)c1. The van der Waals surface area contributed by atoms with E-state index in [9.17, 15) is 9.59 Å². The highest BCUT2D eigenvalue weighted by Gasteiger charge is 2.26. The van der Waals surface area contributed by atoms with E-state index in [4.69, 9.17) is 16.3 Å². The molecule has 1 atom stereocenters. The Morgan fingerprint density at radius 3 is 2.48 bits per heavy atom. The zero-order valence-corrected chi connectivity index (χ0v) is 16.8. The van der Waals surface area contributed by atoms with Crippen LogP contribution < -0.4 is 10.1 Å². The number of rotatable bonds is 7. The zero-order chi connectivity index (χ0) is 20.0. The molecule has 0 spiro atoms. The van der Waals surface area contributed by atoms with Gasteiger partial charge in [-0.05, 0) is 55.7 Å². The van der Waals surface area contributed by atoms with Crippen molar-refractivity contribution in [1.82, 2.24) is 10.2 Å². The first-order valence-corrected chi connectivity index (χ1v) is 9.15. The molecule has 0 saturated carbocycles. The summed E-state index contributed by atoms with van der Waals surface area (Å²) >= 11 is 6.02. The van der Waals surface area contributed by atoms with E-state index in [1.54, 1.807) is 32.2 Å². The molecule has 0 aliphatic rings. The number of hydrogen-bond donors (Lipinski definition) is 1. The molecular weight excluding hydrogens is 364 g/mol. The van der Waals surface area contributed by atoms with Crippen LogP contribution in [-0.2, 0) is 16.1 Å². The number of carbonyl (C=O) groups excluding carboxylic acids is 2. The van der Waals surface area contributed by atoms with Gasteiger partial charge in [0.25, 0.3) is 5.91 Å². The first-order chi connectivity index (χ1) is 12.8. The highest BCUT2D eigenvalue weighted by Crippen LogP contribution is 2.21. The van der Waals surface area contributed by atoms with Gasteiger partial charge in [-0.1, -0.05) is 35.9 Å². The second kappa shape index (κ2) is 9.42. The van der Waals surface area contributed by atoms with Crippen molar-refractivity contribution in [2.75, 3.05) is 13.7 Å². The molecule has 0 fully saturated rings. The molecule has 0 aliphatic heterocycles. The predicted molar refractivity (Wildman–Crippen MR) is 107 cm³/mol. The van der Waals surface area contributed by atoms with Gasteiger partial charge in [-0.25, -0.2) is 0 Å². The molecule has 0 aromatic heterocycles. The monoisotopic (exact) mass is 388 g/mol. The standard InChI is InChI=1S/C21H25ClN2O3/c1-14-7-5-6-8-17(14)12-24(16(3)21(26)23-4)20(25)13-27-18-9-10-19(22)15(2)11-18/h5-11,16H,12-13H2,1-4H3,(H,23,26). The van der Waals surface area contributed by atoms with Gasteiger partial charge in [0.2, 0.25) is 5.91 Å². The lowest BCUT2D eigenvalue weighted by Gasteiger charge is -2.28. The van der Waals surface area contributed by atoms with Crippen molar-refractivity contribution in [2.24, 2.45) is 0 Å². The summed E-state index contributed by atoms with van der Waals surface area (Å²) in [6, 6.07) is 12.4. The summed E-state index contributed by atoms with van der Waals surface area (Å²) in [7, 11) is 1.56. The minimum Gasteiger partial charge on any atom is -0.484 e. The molecule has 2 rings (SSSR count). The third kappa shape index (κ3) is 5.47. The van der Waals surface area contributed by atoms with E-state index in [0.29, 0.717) is 17.3 Å². The Morgan fingerprint density at radius 2 is 1.85 bits per heavy atom. The number of benzene rings is 2. The van der Waals surface area contributed by atoms with Gasteiger partial charge in [-0.3, -0.25) is 9.59 Å². The van der Waals surface area contributed by atoms with Crippen LogP contribution in [0.3, 0.4) is 0 Å². The van der Waals surface area contributed by atoms with Gasteiger partial charge >= 0.3 is 0 Å². The Morgan fingerprint density at radius 1 is 1.15 bits per heavy atom. The second-order valence-electron chi connectivity index (χ2n) is 6.44. The summed E-state index contributed by atoms with van der Waals surface area (Å²) < 4.78 is 5.63. The molecular formula is C21H25ClN2O3. The smallest absolute Gasteiger partial charge is 0.261 e. The third-order valence-electron chi connectivity index (χ3n) is 4.51. The van der Waals surface area contributed by atoms with Crippen LogP contribution in [0.25, 0.3) is 0 Å². The largest absolute Gasteiger partial charge is 0.484 e. The highest BCUT2D eigenvalue weighted by atomic mass is 35.5. The lowest BCUT2D eigenvalue weighted by atomic mass is 10.1. The highest BCUT2D eigenvalue weighted by molar-refractivity contribution is 6.31. The summed E-state index contributed by atoms with van der Waals surface area (Å²) in [5, 5.41) is 3.24. The maximum atomic E-state index is 12.8. The zero-order valence-electron chi connectivity index (χ0n) is 16.1. The first kappa shape index (κ1) is 20.8. The van der Waals surface area contributed by atoms with Crippen LogP contribution in [-0.4, -0.2) is 36.4 Å². The Bertz CT molecular complexity index is 823. The predicted octanol–water partition coefficient (Wildman–Crippen LogP) is 3.50. The average Bonchev–Trinajstić information content (AvgIpc) is 2.66. The van der Waals surface area contributed by atoms with Crippen molar-refractivity contribution >= 4 is 23.4 Å². The number of hydrogen-bond acceptors (Lipinski definition) is 3. The van der Waals surface area contributed by atoms with Crippen LogP contribution >= 0.6 is 11.6 Å². The van der Waals surface area contributed by atoms with Gasteiger partial charge < -0.3 is 15.0 Å². The molecule has 1 N–H and O–H groups in total. The van der Waals surface area contributed by atoms with Gasteiger partial charge in [0, 0.05) is 18.6 Å². The van der Waals surface area contributed by atoms with Crippen LogP contribution in [0.4, 0.5) is 0 Å². The Kier molecular flexibility index (Phi) is 7.25. The lowest BCUT2D eigenvalue weighted by molar-refractivity contribution is -0.142. The van der Waals surface area contributed by atoms with E-state index in [-0.39, 0.29) is 18.4 Å². The Balaban J connectivity index is 2.16. The molecule has 144 valence electrons. The number of nitrogens with one attached hydrogen (secondary N) is 1. The van der Waals surface area contributed by atoms with E-state index < -0.39 is 6.04 Å². The van der Waals surface area contributed by atoms with Crippen molar-refractivity contribution in [3.8, 4) is 5.75 Å². The van der Waals surface area contributed by atoms with Gasteiger partial charge in [-0.15, -0.1) is 0 Å². The van der Waals surface area contributed by atoms with E-state index >= 15 is 0 Å². The van der Waals surface area contributed by atoms with Gasteiger partial charge in [0.1, 0.15) is 11.8 Å². The summed E-state index contributed by atoms with van der Waals surface area (Å²) in [5.74, 6) is 0.0786. The Hall–Kier alpha value is -2.53. The van der Waals surface area contributed by atoms with Crippen LogP contribution in [0.1, 0.15) is 23.6 Å². The fourth-order valence-corrected chi connectivity index (χ4v) is 2.82. The van der Waals surface area contributed by atoms with Crippen molar-refractivity contribution in [2.45, 2.75) is 33.4 Å². The molecule has 2 amide bonds. The van der Waals surface area contributed by atoms with Crippen LogP contribution in [0.2, 0.25) is 5.02 Å². The van der Waals surface area contributed by atoms with E-state index in [0.717, 1.165) is 16.7 Å². The van der Waals surface area contributed by atoms with Crippen LogP contribution in [0, 0.1) is 13.8 Å². The van der Waals surface area contributed by atoms with Crippen molar-refractivity contribution < 1.29 is 14.3 Å². The summed E-state index contributed by atoms with van der Waals surface area (Å²) in [4.78, 5) is 26.5. The number of aryl methyl sites for hydroxylation is 2. The maximum Gasteiger partial charge on any atom is 0.261 e. The quantitative estimate of drug-likeness (QED) is 0.789. The van der Waals surface area contributed by atoms with E-state index in [1.807, 2.05) is 38.1 Å². The van der Waals surface area contributed by atoms with Gasteiger partial charge in [-0.2, -0.15) is 0 Å². The van der Waals surface area contributed by atoms with Crippen molar-refractivity contribution in [3.05, 3.63) is 64.2 Å². The second-order valence-corrected chi connectivity index (χ2v) is 6.85. The normalized spacial score (nSPS) is 11.6. The molecule has 0 heterocycles. The summed E-state index contributed by atoms with van der Waals surface area (Å²) in [6.07, 6.45) is 0. The average molecular weight is 389 g/mol. The molecule has 1 unspecified atom stereocenters. The van der Waals surface area contributed by atoms with Crippen molar-refractivity contribution in [1.29, 1.82) is 0 Å². The first-order valence-electron chi connectivity index (χ1n) is 8.78. The molecule has 0 bridgehead atoms. The number of carbonyl (C=O) groups is 2. The van der Waals surface area contributed by atoms with Crippen LogP contribution in [0.5, 0.6) is 5.75 Å². The van der Waals surface area contributed by atoms with Gasteiger partial charge in [0.15, 0.2) is 6.61 Å². The molecule has 0 aliphatic carbocycles. The van der Waals surface area contributed by atoms with E-state index in [2.05, 4.69) is 5.32 Å². The lowest BCUT2D eigenvalue weighted by Crippen LogP contribution is -2.48. The number of likely N-dealkylation sites (N-methyl/N-ethyl adjacent to an activating group) is 1. The third-order valence-corrected chi connectivity index (χ3v) is 4.93. The molecule has 6 heteroatoms. The molecule has 0 saturated heterocycles.